The minimum absolute atomic E-state index is 0.0740. The van der Waals surface area contributed by atoms with Crippen LogP contribution in [0.2, 0.25) is 0 Å². The lowest BCUT2D eigenvalue weighted by Gasteiger charge is -2.22. The molecule has 3 rings (SSSR count). The molecule has 1 saturated carbocycles. The highest BCUT2D eigenvalue weighted by atomic mass is 32.1. The van der Waals surface area contributed by atoms with E-state index < -0.39 is 0 Å². The molecule has 3 N–H and O–H groups in total. The van der Waals surface area contributed by atoms with Crippen LogP contribution < -0.4 is 16.0 Å². The summed E-state index contributed by atoms with van der Waals surface area (Å²) in [6, 6.07) is 15.6. The van der Waals surface area contributed by atoms with Crippen molar-refractivity contribution in [3.8, 4) is 0 Å². The summed E-state index contributed by atoms with van der Waals surface area (Å²) in [7, 11) is 0. The van der Waals surface area contributed by atoms with Gasteiger partial charge in [-0.1, -0.05) is 63.4 Å². The lowest BCUT2D eigenvalue weighted by molar-refractivity contribution is -0.120. The Morgan fingerprint density at radius 1 is 1.00 bits per heavy atom. The molecule has 0 aliphatic heterocycles. The molecular weight excluding hydrogens is 430 g/mol. The number of carbonyl (C=O) groups is 2. The maximum atomic E-state index is 12.7. The molecule has 5 nitrogen and oxygen atoms in total. The van der Waals surface area contributed by atoms with Crippen LogP contribution in [0.5, 0.6) is 0 Å². The number of amides is 2. The summed E-state index contributed by atoms with van der Waals surface area (Å²) in [5.74, 6) is 0.0210. The molecule has 0 aromatic heterocycles. The van der Waals surface area contributed by atoms with E-state index in [-0.39, 0.29) is 28.9 Å². The summed E-state index contributed by atoms with van der Waals surface area (Å²) in [6.45, 7) is 6.25. The number of hydrogen-bond acceptors (Lipinski definition) is 3. The molecule has 2 aromatic rings. The van der Waals surface area contributed by atoms with E-state index in [1.54, 1.807) is 12.1 Å². The summed E-state index contributed by atoms with van der Waals surface area (Å²) in [4.78, 5) is 25.3. The van der Waals surface area contributed by atoms with Gasteiger partial charge in [-0.25, -0.2) is 0 Å². The Bertz CT molecular complexity index is 966. The molecule has 0 radical (unpaired) electrons. The van der Waals surface area contributed by atoms with Gasteiger partial charge in [0.1, 0.15) is 0 Å². The minimum Gasteiger partial charge on any atom is -0.349 e. The van der Waals surface area contributed by atoms with Gasteiger partial charge in [0.2, 0.25) is 5.91 Å². The molecule has 0 saturated heterocycles. The molecule has 0 spiro atoms. The van der Waals surface area contributed by atoms with Gasteiger partial charge in [0.25, 0.3) is 5.91 Å². The van der Waals surface area contributed by atoms with Crippen LogP contribution in [-0.2, 0) is 11.2 Å². The zero-order valence-electron chi connectivity index (χ0n) is 19.8. The monoisotopic (exact) mass is 465 g/mol. The van der Waals surface area contributed by atoms with E-state index in [4.69, 9.17) is 12.2 Å². The first-order valence-electron chi connectivity index (χ1n) is 11.9. The van der Waals surface area contributed by atoms with E-state index in [1.807, 2.05) is 31.2 Å². The Morgan fingerprint density at radius 2 is 1.70 bits per heavy atom. The summed E-state index contributed by atoms with van der Waals surface area (Å²) in [5, 5.41) is 9.14. The molecule has 0 heterocycles. The molecule has 1 fully saturated rings. The van der Waals surface area contributed by atoms with Crippen molar-refractivity contribution in [3.05, 3.63) is 65.2 Å². The van der Waals surface area contributed by atoms with Gasteiger partial charge in [0.05, 0.1) is 5.92 Å². The standard InChI is InChI=1S/C27H35N3O2S/c1-18(2)16-20-12-14-21(15-13-20)19(3)25(31)30-27(33)29-24-11-7-8-22(17-24)26(32)28-23-9-5-4-6-10-23/h7-8,11-15,17-19,23H,4-6,9-10,16H2,1-3H3,(H,28,32)(H2,29,30,31,33). The van der Waals surface area contributed by atoms with Gasteiger partial charge in [0, 0.05) is 17.3 Å². The van der Waals surface area contributed by atoms with Crippen LogP contribution >= 0.6 is 12.2 Å². The number of anilines is 1. The highest BCUT2D eigenvalue weighted by molar-refractivity contribution is 7.80. The number of carbonyl (C=O) groups excluding carboxylic acids is 2. The third kappa shape index (κ3) is 7.67. The van der Waals surface area contributed by atoms with Crippen molar-refractivity contribution in [2.75, 3.05) is 5.32 Å². The number of rotatable bonds is 7. The average Bonchev–Trinajstić information content (AvgIpc) is 2.79. The zero-order chi connectivity index (χ0) is 23.8. The van der Waals surface area contributed by atoms with Gasteiger partial charge in [-0.3, -0.25) is 9.59 Å². The summed E-state index contributed by atoms with van der Waals surface area (Å²) in [5.41, 5.74) is 3.46. The third-order valence-corrected chi connectivity index (χ3v) is 6.28. The summed E-state index contributed by atoms with van der Waals surface area (Å²) >= 11 is 5.35. The summed E-state index contributed by atoms with van der Waals surface area (Å²) < 4.78 is 0. The Kier molecular flexibility index (Phi) is 9.01. The normalized spacial score (nSPS) is 15.0. The molecule has 1 aliphatic rings. The topological polar surface area (TPSA) is 70.2 Å². The second-order valence-electron chi connectivity index (χ2n) is 9.39. The molecule has 2 amide bonds. The Morgan fingerprint density at radius 3 is 2.36 bits per heavy atom. The first kappa shape index (κ1) is 24.9. The van der Waals surface area contributed by atoms with E-state index in [9.17, 15) is 9.59 Å². The second-order valence-corrected chi connectivity index (χ2v) is 9.80. The van der Waals surface area contributed by atoms with Crippen molar-refractivity contribution in [2.24, 2.45) is 5.92 Å². The molecule has 1 unspecified atom stereocenters. The van der Waals surface area contributed by atoms with Crippen molar-refractivity contribution in [1.29, 1.82) is 0 Å². The fourth-order valence-corrected chi connectivity index (χ4v) is 4.42. The van der Waals surface area contributed by atoms with Crippen molar-refractivity contribution >= 4 is 34.8 Å². The van der Waals surface area contributed by atoms with E-state index in [2.05, 4.69) is 41.9 Å². The van der Waals surface area contributed by atoms with Crippen LogP contribution in [0, 0.1) is 5.92 Å². The largest absolute Gasteiger partial charge is 0.349 e. The van der Waals surface area contributed by atoms with Crippen LogP contribution in [0.15, 0.2) is 48.5 Å². The van der Waals surface area contributed by atoms with Crippen molar-refractivity contribution in [2.45, 2.75) is 71.3 Å². The van der Waals surface area contributed by atoms with Crippen molar-refractivity contribution in [1.82, 2.24) is 10.6 Å². The minimum atomic E-state index is -0.328. The molecule has 0 bridgehead atoms. The van der Waals surface area contributed by atoms with Crippen LogP contribution in [0.3, 0.4) is 0 Å². The number of nitrogens with one attached hydrogen (secondary N) is 3. The molecule has 6 heteroatoms. The number of hydrogen-bond donors (Lipinski definition) is 3. The van der Waals surface area contributed by atoms with Gasteiger partial charge in [-0.15, -0.1) is 0 Å². The maximum Gasteiger partial charge on any atom is 0.251 e. The first-order valence-corrected chi connectivity index (χ1v) is 12.3. The number of thiocarbonyl (C=S) groups is 1. The molecule has 176 valence electrons. The highest BCUT2D eigenvalue weighted by Crippen LogP contribution is 2.20. The Hall–Kier alpha value is -2.73. The third-order valence-electron chi connectivity index (χ3n) is 6.08. The molecule has 1 atom stereocenters. The number of benzene rings is 2. The predicted molar refractivity (Wildman–Crippen MR) is 139 cm³/mol. The fraction of sp³-hybridized carbons (Fsp3) is 0.444. The average molecular weight is 466 g/mol. The second kappa shape index (κ2) is 11.9. The molecule has 2 aromatic carbocycles. The lowest BCUT2D eigenvalue weighted by Crippen LogP contribution is -2.37. The fourth-order valence-electron chi connectivity index (χ4n) is 4.20. The van der Waals surface area contributed by atoms with Gasteiger partial charge < -0.3 is 16.0 Å². The smallest absolute Gasteiger partial charge is 0.251 e. The zero-order valence-corrected chi connectivity index (χ0v) is 20.6. The van der Waals surface area contributed by atoms with Crippen LogP contribution in [0.4, 0.5) is 5.69 Å². The quantitative estimate of drug-likeness (QED) is 0.468. The van der Waals surface area contributed by atoms with Gasteiger partial charge in [-0.2, -0.15) is 0 Å². The maximum absolute atomic E-state index is 12.7. The SMILES string of the molecule is CC(C)Cc1ccc(C(C)C(=O)NC(=S)Nc2cccc(C(=O)NC3CCCCC3)c2)cc1. The highest BCUT2D eigenvalue weighted by Gasteiger charge is 2.18. The molecule has 1 aliphatic carbocycles. The lowest BCUT2D eigenvalue weighted by atomic mass is 9.95. The van der Waals surface area contributed by atoms with Crippen molar-refractivity contribution in [3.63, 3.8) is 0 Å². The van der Waals surface area contributed by atoms with Gasteiger partial charge in [0.15, 0.2) is 5.11 Å². The van der Waals surface area contributed by atoms with Crippen LogP contribution in [0.1, 0.15) is 80.3 Å². The van der Waals surface area contributed by atoms with E-state index in [1.165, 1.54) is 24.8 Å². The molecule has 33 heavy (non-hydrogen) atoms. The van der Waals surface area contributed by atoms with E-state index in [0.29, 0.717) is 17.2 Å². The van der Waals surface area contributed by atoms with Crippen LogP contribution in [-0.4, -0.2) is 23.0 Å². The van der Waals surface area contributed by atoms with Gasteiger partial charge >= 0.3 is 0 Å². The molecular formula is C27H35N3O2S. The van der Waals surface area contributed by atoms with E-state index in [0.717, 1.165) is 24.8 Å². The first-order chi connectivity index (χ1) is 15.8. The van der Waals surface area contributed by atoms with Gasteiger partial charge in [-0.05, 0) is 73.6 Å². The van der Waals surface area contributed by atoms with Crippen LogP contribution in [0.25, 0.3) is 0 Å². The predicted octanol–water partition coefficient (Wildman–Crippen LogP) is 5.56. The Balaban J connectivity index is 1.53. The summed E-state index contributed by atoms with van der Waals surface area (Å²) in [6.07, 6.45) is 6.68. The van der Waals surface area contributed by atoms with E-state index >= 15 is 0 Å². The Labute approximate surface area is 202 Å². The van der Waals surface area contributed by atoms with Crippen molar-refractivity contribution < 1.29 is 9.59 Å².